The van der Waals surface area contributed by atoms with Gasteiger partial charge in [-0.25, -0.2) is 9.78 Å². The lowest BCUT2D eigenvalue weighted by Gasteiger charge is -2.08. The van der Waals surface area contributed by atoms with E-state index in [9.17, 15) is 4.79 Å². The first-order chi connectivity index (χ1) is 8.63. The van der Waals surface area contributed by atoms with Crippen molar-refractivity contribution in [3.05, 3.63) is 29.6 Å². The molecule has 18 heavy (non-hydrogen) atoms. The van der Waals surface area contributed by atoms with Crippen molar-refractivity contribution in [2.24, 2.45) is 5.92 Å². The number of rotatable bonds is 8. The molecule has 3 N–H and O–H groups in total. The van der Waals surface area contributed by atoms with E-state index < -0.39 is 5.97 Å². The van der Waals surface area contributed by atoms with Gasteiger partial charge in [0.05, 0.1) is 5.69 Å². The van der Waals surface area contributed by atoms with Crippen molar-refractivity contribution in [3.8, 4) is 0 Å². The zero-order chi connectivity index (χ0) is 13.4. The maximum absolute atomic E-state index is 10.7. The van der Waals surface area contributed by atoms with Gasteiger partial charge in [-0.1, -0.05) is 13.0 Å². The summed E-state index contributed by atoms with van der Waals surface area (Å²) in [7, 11) is 0. The van der Waals surface area contributed by atoms with Gasteiger partial charge in [0.15, 0.2) is 0 Å². The number of aliphatic hydroxyl groups is 1. The van der Waals surface area contributed by atoms with Crippen LogP contribution in [0.5, 0.6) is 0 Å². The molecule has 5 nitrogen and oxygen atoms in total. The molecule has 0 amide bonds. The average Bonchev–Trinajstić information content (AvgIpc) is 2.38. The van der Waals surface area contributed by atoms with Crippen molar-refractivity contribution < 1.29 is 15.0 Å². The summed E-state index contributed by atoms with van der Waals surface area (Å²) in [6.07, 6.45) is 1.96. The fourth-order valence-electron chi connectivity index (χ4n) is 1.58. The molecule has 1 aromatic rings. The van der Waals surface area contributed by atoms with Crippen molar-refractivity contribution >= 4 is 5.97 Å². The van der Waals surface area contributed by atoms with Crippen LogP contribution in [0.1, 0.15) is 35.9 Å². The molecule has 0 aromatic carbocycles. The highest BCUT2D eigenvalue weighted by atomic mass is 16.4. The fraction of sp³-hybridized carbons (Fsp3) is 0.538. The number of hydrogen-bond acceptors (Lipinski definition) is 4. The zero-order valence-corrected chi connectivity index (χ0v) is 10.6. The molecule has 5 heteroatoms. The van der Waals surface area contributed by atoms with Gasteiger partial charge in [-0.15, -0.1) is 0 Å². The molecule has 0 saturated carbocycles. The molecule has 1 unspecified atom stereocenters. The second-order valence-corrected chi connectivity index (χ2v) is 4.43. The largest absolute Gasteiger partial charge is 0.477 e. The van der Waals surface area contributed by atoms with Crippen LogP contribution in [0.25, 0.3) is 0 Å². The minimum atomic E-state index is -1.01. The molecule has 0 radical (unpaired) electrons. The smallest absolute Gasteiger partial charge is 0.354 e. The number of aromatic carboxylic acids is 1. The van der Waals surface area contributed by atoms with E-state index in [1.807, 2.05) is 6.92 Å². The van der Waals surface area contributed by atoms with E-state index in [0.717, 1.165) is 25.1 Å². The van der Waals surface area contributed by atoms with Crippen LogP contribution in [0.4, 0.5) is 0 Å². The number of nitrogens with one attached hydrogen (secondary N) is 1. The molecule has 1 atom stereocenters. The predicted octanol–water partition coefficient (Wildman–Crippen LogP) is 1.28. The molecule has 0 aliphatic heterocycles. The number of carboxylic acids is 1. The fourth-order valence-corrected chi connectivity index (χ4v) is 1.58. The van der Waals surface area contributed by atoms with Gasteiger partial charge in [0.25, 0.3) is 0 Å². The Bertz CT molecular complexity index is 382. The van der Waals surface area contributed by atoms with Gasteiger partial charge in [-0.2, -0.15) is 0 Å². The van der Waals surface area contributed by atoms with E-state index in [2.05, 4.69) is 10.3 Å². The van der Waals surface area contributed by atoms with Crippen LogP contribution in [0, 0.1) is 5.92 Å². The van der Waals surface area contributed by atoms with Crippen molar-refractivity contribution in [2.75, 3.05) is 13.2 Å². The van der Waals surface area contributed by atoms with E-state index in [4.69, 9.17) is 10.2 Å². The molecule has 0 bridgehead atoms. The lowest BCUT2D eigenvalue weighted by atomic mass is 10.1. The van der Waals surface area contributed by atoms with Gasteiger partial charge in [0, 0.05) is 13.2 Å². The van der Waals surface area contributed by atoms with Crippen molar-refractivity contribution in [1.82, 2.24) is 10.3 Å². The van der Waals surface area contributed by atoms with Crippen molar-refractivity contribution in [2.45, 2.75) is 26.3 Å². The van der Waals surface area contributed by atoms with Crippen molar-refractivity contribution in [3.63, 3.8) is 0 Å². The first-order valence-electron chi connectivity index (χ1n) is 6.14. The van der Waals surface area contributed by atoms with E-state index in [1.54, 1.807) is 12.1 Å². The molecular weight excluding hydrogens is 232 g/mol. The Labute approximate surface area is 107 Å². The summed E-state index contributed by atoms with van der Waals surface area (Å²) in [5, 5.41) is 20.9. The standard InChI is InChI=1S/C13H20N2O3/c1-10(9-16)4-3-7-14-8-11-5-2-6-12(15-11)13(17)18/h2,5-6,10,14,16H,3-4,7-9H2,1H3,(H,17,18). The van der Waals surface area contributed by atoms with Crippen LogP contribution >= 0.6 is 0 Å². The van der Waals surface area contributed by atoms with Crippen molar-refractivity contribution in [1.29, 1.82) is 0 Å². The van der Waals surface area contributed by atoms with Gasteiger partial charge >= 0.3 is 5.97 Å². The summed E-state index contributed by atoms with van der Waals surface area (Å²) in [6, 6.07) is 4.98. The van der Waals surface area contributed by atoms with Crippen LogP contribution in [0.2, 0.25) is 0 Å². The van der Waals surface area contributed by atoms with Gasteiger partial charge in [-0.05, 0) is 37.4 Å². The lowest BCUT2D eigenvalue weighted by molar-refractivity contribution is 0.0690. The lowest BCUT2D eigenvalue weighted by Crippen LogP contribution is -2.17. The number of aliphatic hydroxyl groups excluding tert-OH is 1. The summed E-state index contributed by atoms with van der Waals surface area (Å²) in [5.41, 5.74) is 0.799. The Kier molecular flexibility index (Phi) is 6.32. The molecular formula is C13H20N2O3. The maximum atomic E-state index is 10.7. The Morgan fingerprint density at radius 3 is 2.94 bits per heavy atom. The van der Waals surface area contributed by atoms with Gasteiger partial charge < -0.3 is 15.5 Å². The van der Waals surface area contributed by atoms with Gasteiger partial charge in [0.2, 0.25) is 0 Å². The molecule has 0 fully saturated rings. The summed E-state index contributed by atoms with van der Waals surface area (Å²) < 4.78 is 0. The average molecular weight is 252 g/mol. The highest BCUT2D eigenvalue weighted by Gasteiger charge is 2.04. The highest BCUT2D eigenvalue weighted by molar-refractivity contribution is 5.85. The number of pyridine rings is 1. The Morgan fingerprint density at radius 1 is 1.50 bits per heavy atom. The first-order valence-corrected chi connectivity index (χ1v) is 6.14. The molecule has 1 aromatic heterocycles. The summed E-state index contributed by atoms with van der Waals surface area (Å²) in [4.78, 5) is 14.8. The molecule has 1 heterocycles. The van der Waals surface area contributed by atoms with Crippen LogP contribution in [-0.2, 0) is 6.54 Å². The number of hydrogen-bond donors (Lipinski definition) is 3. The van der Waals surface area contributed by atoms with Gasteiger partial charge in [0.1, 0.15) is 5.69 Å². The predicted molar refractivity (Wildman–Crippen MR) is 68.4 cm³/mol. The highest BCUT2D eigenvalue weighted by Crippen LogP contribution is 2.03. The molecule has 100 valence electrons. The van der Waals surface area contributed by atoms with Crippen LogP contribution in [-0.4, -0.2) is 34.3 Å². The SMILES string of the molecule is CC(CO)CCCNCc1cccc(C(=O)O)n1. The van der Waals surface area contributed by atoms with E-state index in [1.165, 1.54) is 6.07 Å². The number of aromatic nitrogens is 1. The number of carbonyl (C=O) groups is 1. The summed E-state index contributed by atoms with van der Waals surface area (Å²) in [6.45, 7) is 3.64. The third-order valence-corrected chi connectivity index (χ3v) is 2.69. The maximum Gasteiger partial charge on any atom is 0.354 e. The monoisotopic (exact) mass is 252 g/mol. The zero-order valence-electron chi connectivity index (χ0n) is 10.6. The van der Waals surface area contributed by atoms with Crippen LogP contribution in [0.15, 0.2) is 18.2 Å². The third-order valence-electron chi connectivity index (χ3n) is 2.69. The van der Waals surface area contributed by atoms with Crippen LogP contribution in [0.3, 0.4) is 0 Å². The first kappa shape index (κ1) is 14.6. The second-order valence-electron chi connectivity index (χ2n) is 4.43. The molecule has 1 rings (SSSR count). The topological polar surface area (TPSA) is 82.5 Å². The second kappa shape index (κ2) is 7.79. The molecule has 0 aliphatic carbocycles. The minimum absolute atomic E-state index is 0.0724. The Balaban J connectivity index is 2.27. The normalized spacial score (nSPS) is 12.3. The van der Waals surface area contributed by atoms with Crippen LogP contribution < -0.4 is 5.32 Å². The number of carboxylic acid groups (broad SMARTS) is 1. The Morgan fingerprint density at radius 2 is 2.28 bits per heavy atom. The minimum Gasteiger partial charge on any atom is -0.477 e. The Hall–Kier alpha value is -1.46. The summed E-state index contributed by atoms with van der Waals surface area (Å²) >= 11 is 0. The van der Waals surface area contributed by atoms with E-state index in [0.29, 0.717) is 12.5 Å². The quantitative estimate of drug-likeness (QED) is 0.607. The van der Waals surface area contributed by atoms with Gasteiger partial charge in [-0.3, -0.25) is 0 Å². The van der Waals surface area contributed by atoms with E-state index >= 15 is 0 Å². The summed E-state index contributed by atoms with van der Waals surface area (Å²) in [5.74, 6) is -0.672. The number of nitrogens with zero attached hydrogens (tertiary/aromatic N) is 1. The molecule has 0 spiro atoms. The molecule has 0 aliphatic rings. The molecule has 0 saturated heterocycles. The van der Waals surface area contributed by atoms with E-state index in [-0.39, 0.29) is 12.3 Å². The third kappa shape index (κ3) is 5.25.